The molecule has 0 saturated heterocycles. The van der Waals surface area contributed by atoms with Gasteiger partial charge >= 0.3 is 0 Å². The lowest BCUT2D eigenvalue weighted by Crippen LogP contribution is -2.27. The van der Waals surface area contributed by atoms with Crippen molar-refractivity contribution in [1.82, 2.24) is 5.32 Å². The highest BCUT2D eigenvalue weighted by molar-refractivity contribution is 5.75. The Balaban J connectivity index is 2.24. The van der Waals surface area contributed by atoms with E-state index in [0.29, 0.717) is 25.4 Å². The molecule has 3 nitrogen and oxygen atoms in total. The molecule has 1 rings (SSSR count). The van der Waals surface area contributed by atoms with E-state index in [0.717, 1.165) is 12.8 Å². The number of hydrogen-bond acceptors (Lipinski definition) is 2. The summed E-state index contributed by atoms with van der Waals surface area (Å²) >= 11 is 0. The highest BCUT2D eigenvalue weighted by Crippen LogP contribution is 2.12. The summed E-state index contributed by atoms with van der Waals surface area (Å²) < 4.78 is 0. The van der Waals surface area contributed by atoms with Crippen LogP contribution in [0, 0.1) is 0 Å². The molecule has 3 heteroatoms. The van der Waals surface area contributed by atoms with E-state index < -0.39 is 0 Å². The van der Waals surface area contributed by atoms with Crippen molar-refractivity contribution in [3.05, 3.63) is 35.9 Å². The lowest BCUT2D eigenvalue weighted by atomic mass is 10.0. The first-order chi connectivity index (χ1) is 8.24. The van der Waals surface area contributed by atoms with Crippen LogP contribution in [-0.4, -0.2) is 19.0 Å². The van der Waals surface area contributed by atoms with Crippen LogP contribution in [0.1, 0.15) is 37.7 Å². The molecule has 1 aromatic carbocycles. The van der Waals surface area contributed by atoms with Crippen LogP contribution >= 0.6 is 0 Å². The van der Waals surface area contributed by atoms with Gasteiger partial charge in [0.25, 0.3) is 0 Å². The zero-order valence-electron chi connectivity index (χ0n) is 10.5. The van der Waals surface area contributed by atoms with Crippen LogP contribution in [0.15, 0.2) is 30.3 Å². The van der Waals surface area contributed by atoms with E-state index in [2.05, 4.69) is 24.4 Å². The monoisotopic (exact) mass is 234 g/mol. The Bertz CT molecular complexity index is 324. The molecule has 94 valence electrons. The molecule has 17 heavy (non-hydrogen) atoms. The first-order valence-corrected chi connectivity index (χ1v) is 6.25. The maximum atomic E-state index is 11.5. The predicted molar refractivity (Wildman–Crippen MR) is 70.8 cm³/mol. The third-order valence-electron chi connectivity index (χ3n) is 2.83. The quantitative estimate of drug-likeness (QED) is 0.709. The minimum absolute atomic E-state index is 0.126. The molecule has 1 atom stereocenters. The predicted octanol–water partition coefficient (Wildman–Crippen LogP) is 2.04. The van der Waals surface area contributed by atoms with E-state index in [-0.39, 0.29) is 5.91 Å². The van der Waals surface area contributed by atoms with Gasteiger partial charge in [-0.3, -0.25) is 4.79 Å². The van der Waals surface area contributed by atoms with Gasteiger partial charge in [0.2, 0.25) is 5.91 Å². The largest absolute Gasteiger partial charge is 0.356 e. The van der Waals surface area contributed by atoms with Gasteiger partial charge < -0.3 is 11.1 Å². The van der Waals surface area contributed by atoms with Crippen LogP contribution in [0.3, 0.4) is 0 Å². The van der Waals surface area contributed by atoms with Gasteiger partial charge in [-0.1, -0.05) is 37.3 Å². The molecule has 3 N–H and O–H groups in total. The summed E-state index contributed by atoms with van der Waals surface area (Å²) in [5.41, 5.74) is 6.64. The van der Waals surface area contributed by atoms with Crippen LogP contribution in [0.2, 0.25) is 0 Å². The van der Waals surface area contributed by atoms with Crippen molar-refractivity contribution in [2.24, 2.45) is 5.73 Å². The fourth-order valence-corrected chi connectivity index (χ4v) is 1.68. The summed E-state index contributed by atoms with van der Waals surface area (Å²) in [4.78, 5) is 11.5. The molecule has 1 unspecified atom stereocenters. The Morgan fingerprint density at radius 2 is 2.00 bits per heavy atom. The number of carbonyl (C=O) groups is 1. The standard InChI is InChI=1S/C14H22N2O/c1-12(13-7-3-2-4-8-13)11-16-14(17)9-5-6-10-15/h2-4,7-8,12H,5-6,9-11,15H2,1H3,(H,16,17). The van der Waals surface area contributed by atoms with E-state index in [1.54, 1.807) is 0 Å². The Hall–Kier alpha value is -1.35. The number of unbranched alkanes of at least 4 members (excludes halogenated alkanes) is 1. The first-order valence-electron chi connectivity index (χ1n) is 6.25. The van der Waals surface area contributed by atoms with E-state index in [1.165, 1.54) is 5.56 Å². The summed E-state index contributed by atoms with van der Waals surface area (Å²) in [6, 6.07) is 10.2. The average Bonchev–Trinajstić information content (AvgIpc) is 2.37. The molecular formula is C14H22N2O. The van der Waals surface area contributed by atoms with Crippen LogP contribution in [0.5, 0.6) is 0 Å². The van der Waals surface area contributed by atoms with Gasteiger partial charge in [0, 0.05) is 13.0 Å². The molecule has 0 spiro atoms. The minimum Gasteiger partial charge on any atom is -0.356 e. The summed E-state index contributed by atoms with van der Waals surface area (Å²) in [7, 11) is 0. The second-order valence-electron chi connectivity index (χ2n) is 4.36. The fourth-order valence-electron chi connectivity index (χ4n) is 1.68. The van der Waals surface area contributed by atoms with Crippen LogP contribution in [0.4, 0.5) is 0 Å². The van der Waals surface area contributed by atoms with Crippen molar-refractivity contribution in [2.45, 2.75) is 32.1 Å². The van der Waals surface area contributed by atoms with Gasteiger partial charge in [0.05, 0.1) is 0 Å². The smallest absolute Gasteiger partial charge is 0.220 e. The van der Waals surface area contributed by atoms with E-state index in [9.17, 15) is 4.79 Å². The number of nitrogens with one attached hydrogen (secondary N) is 1. The summed E-state index contributed by atoms with van der Waals surface area (Å²) in [6.45, 7) is 3.48. The number of nitrogens with two attached hydrogens (primary N) is 1. The molecule has 0 aliphatic carbocycles. The molecular weight excluding hydrogens is 212 g/mol. The minimum atomic E-state index is 0.126. The Labute approximate surface area is 103 Å². The fraction of sp³-hybridized carbons (Fsp3) is 0.500. The van der Waals surface area contributed by atoms with Gasteiger partial charge in [0.1, 0.15) is 0 Å². The van der Waals surface area contributed by atoms with Crippen LogP contribution in [0.25, 0.3) is 0 Å². The molecule has 0 heterocycles. The normalized spacial score (nSPS) is 12.1. The van der Waals surface area contributed by atoms with Crippen LogP contribution in [-0.2, 0) is 4.79 Å². The SMILES string of the molecule is CC(CNC(=O)CCCCN)c1ccccc1. The van der Waals surface area contributed by atoms with E-state index in [4.69, 9.17) is 5.73 Å². The maximum Gasteiger partial charge on any atom is 0.220 e. The number of rotatable bonds is 7. The summed E-state index contributed by atoms with van der Waals surface area (Å²) in [5.74, 6) is 0.482. The number of amides is 1. The molecule has 1 aromatic rings. The number of carbonyl (C=O) groups excluding carboxylic acids is 1. The topological polar surface area (TPSA) is 55.1 Å². The lowest BCUT2D eigenvalue weighted by Gasteiger charge is -2.12. The Morgan fingerprint density at radius 1 is 1.29 bits per heavy atom. The third kappa shape index (κ3) is 5.50. The zero-order chi connectivity index (χ0) is 12.5. The molecule has 0 saturated carbocycles. The first kappa shape index (κ1) is 13.7. The molecule has 0 aromatic heterocycles. The lowest BCUT2D eigenvalue weighted by molar-refractivity contribution is -0.121. The van der Waals surface area contributed by atoms with Crippen molar-refractivity contribution < 1.29 is 4.79 Å². The molecule has 1 amide bonds. The molecule has 0 fully saturated rings. The number of benzene rings is 1. The van der Waals surface area contributed by atoms with E-state index >= 15 is 0 Å². The van der Waals surface area contributed by atoms with Crippen LogP contribution < -0.4 is 11.1 Å². The highest BCUT2D eigenvalue weighted by Gasteiger charge is 2.06. The number of hydrogen-bond donors (Lipinski definition) is 2. The van der Waals surface area contributed by atoms with Crippen molar-refractivity contribution in [3.63, 3.8) is 0 Å². The molecule has 0 aliphatic heterocycles. The molecule has 0 radical (unpaired) electrons. The second-order valence-corrected chi connectivity index (χ2v) is 4.36. The maximum absolute atomic E-state index is 11.5. The second kappa shape index (κ2) is 7.85. The Morgan fingerprint density at radius 3 is 2.65 bits per heavy atom. The van der Waals surface area contributed by atoms with Crippen molar-refractivity contribution >= 4 is 5.91 Å². The zero-order valence-corrected chi connectivity index (χ0v) is 10.5. The molecule has 0 bridgehead atoms. The van der Waals surface area contributed by atoms with Gasteiger partial charge in [0.15, 0.2) is 0 Å². The third-order valence-corrected chi connectivity index (χ3v) is 2.83. The summed E-state index contributed by atoms with van der Waals surface area (Å²) in [6.07, 6.45) is 2.38. The average molecular weight is 234 g/mol. The highest BCUT2D eigenvalue weighted by atomic mass is 16.1. The van der Waals surface area contributed by atoms with Crippen molar-refractivity contribution in [3.8, 4) is 0 Å². The molecule has 0 aliphatic rings. The Kier molecular flexibility index (Phi) is 6.33. The summed E-state index contributed by atoms with van der Waals surface area (Å²) in [5, 5.41) is 2.96. The van der Waals surface area contributed by atoms with Crippen molar-refractivity contribution in [2.75, 3.05) is 13.1 Å². The van der Waals surface area contributed by atoms with Gasteiger partial charge in [-0.15, -0.1) is 0 Å². The van der Waals surface area contributed by atoms with Gasteiger partial charge in [-0.2, -0.15) is 0 Å². The van der Waals surface area contributed by atoms with E-state index in [1.807, 2.05) is 18.2 Å². The van der Waals surface area contributed by atoms with Gasteiger partial charge in [-0.05, 0) is 30.9 Å². The van der Waals surface area contributed by atoms with Gasteiger partial charge in [-0.25, -0.2) is 0 Å². The van der Waals surface area contributed by atoms with Crippen molar-refractivity contribution in [1.29, 1.82) is 0 Å².